The summed E-state index contributed by atoms with van der Waals surface area (Å²) in [6, 6.07) is 3.66. The molecule has 0 amide bonds. The highest BCUT2D eigenvalue weighted by atomic mass is 32.2. The average Bonchev–Trinajstić information content (AvgIpc) is 2.94. The van der Waals surface area contributed by atoms with Crippen molar-refractivity contribution in [2.75, 3.05) is 13.4 Å². The van der Waals surface area contributed by atoms with Crippen molar-refractivity contribution in [2.24, 2.45) is 10.8 Å². The van der Waals surface area contributed by atoms with Crippen LogP contribution in [-0.4, -0.2) is 89.6 Å². The number of methoxy groups -OCH3 is 1. The molecule has 6 atom stereocenters. The van der Waals surface area contributed by atoms with Gasteiger partial charge < -0.3 is 40.4 Å². The van der Waals surface area contributed by atoms with Gasteiger partial charge in [0.2, 0.25) is 15.8 Å². The molecule has 1 saturated heterocycles. The summed E-state index contributed by atoms with van der Waals surface area (Å²) in [5.74, 6) is -2.71. The number of hydrazone groups is 1. The molecule has 1 fully saturated rings. The molecule has 43 heavy (non-hydrogen) atoms. The van der Waals surface area contributed by atoms with Gasteiger partial charge in [0, 0.05) is 42.0 Å². The number of phenols is 2. The second-order valence-electron chi connectivity index (χ2n) is 11.1. The van der Waals surface area contributed by atoms with Crippen LogP contribution in [0.1, 0.15) is 75.8 Å². The number of hydrogen-bond donors (Lipinski definition) is 6. The van der Waals surface area contributed by atoms with E-state index in [9.17, 15) is 38.4 Å². The van der Waals surface area contributed by atoms with Gasteiger partial charge in [0.25, 0.3) is 0 Å². The summed E-state index contributed by atoms with van der Waals surface area (Å²) in [5.41, 5.74) is 2.79. The van der Waals surface area contributed by atoms with E-state index in [1.807, 2.05) is 4.83 Å². The minimum atomic E-state index is -3.79. The first kappa shape index (κ1) is 30.8. The first-order chi connectivity index (χ1) is 20.1. The molecule has 15 heteroatoms. The Labute approximate surface area is 247 Å². The summed E-state index contributed by atoms with van der Waals surface area (Å²) in [7, 11) is -2.47. The first-order valence-electron chi connectivity index (χ1n) is 13.4. The van der Waals surface area contributed by atoms with E-state index >= 15 is 0 Å². The highest BCUT2D eigenvalue weighted by molar-refractivity contribution is 7.88. The number of carbonyl (C=O) groups is 2. The third-order valence-corrected chi connectivity index (χ3v) is 8.62. The standard InChI is InChI=1S/C28H33N3O11S/c1-11-23(32)15(29)8-18(41-11)42-17-10-28(37,12(2)30-31-43(4,38)39)9-14-20(17)27(36)22-21(25(14)34)24(33)13-6-5-7-16(40-3)19(13)26(22)35/h5-7,11,15,17-18,23,31-32,34,36-37H,8-10,29H2,1-4H3/b30-12+. The normalized spacial score (nSPS) is 29.0. The van der Waals surface area contributed by atoms with Gasteiger partial charge in [-0.05, 0) is 19.9 Å². The third-order valence-electron chi connectivity index (χ3n) is 8.20. The van der Waals surface area contributed by atoms with E-state index in [1.54, 1.807) is 6.92 Å². The fourth-order valence-electron chi connectivity index (χ4n) is 5.92. The Kier molecular flexibility index (Phi) is 7.77. The van der Waals surface area contributed by atoms with Crippen LogP contribution in [0, 0.1) is 0 Å². The second kappa shape index (κ2) is 10.8. The maximum absolute atomic E-state index is 13.8. The highest BCUT2D eigenvalue weighted by Gasteiger charge is 2.49. The predicted octanol–water partition coefficient (Wildman–Crippen LogP) is 0.365. The Morgan fingerprint density at radius 2 is 1.84 bits per heavy atom. The van der Waals surface area contributed by atoms with Crippen molar-refractivity contribution >= 4 is 27.3 Å². The number of nitrogens with two attached hydrogens (primary N) is 1. The minimum Gasteiger partial charge on any atom is -0.507 e. The van der Waals surface area contributed by atoms with E-state index in [0.717, 1.165) is 6.26 Å². The Morgan fingerprint density at radius 1 is 1.16 bits per heavy atom. The number of carbonyl (C=O) groups excluding carboxylic acids is 2. The summed E-state index contributed by atoms with van der Waals surface area (Å²) in [4.78, 5) is 29.4. The number of nitrogens with zero attached hydrogens (tertiary/aromatic N) is 1. The van der Waals surface area contributed by atoms with E-state index in [-0.39, 0.29) is 46.6 Å². The maximum atomic E-state index is 13.8. The number of phenolic OH excluding ortho intramolecular Hbond substituents is 2. The zero-order valence-corrected chi connectivity index (χ0v) is 24.6. The number of fused-ring (bicyclic) bond motifs is 3. The van der Waals surface area contributed by atoms with Crippen LogP contribution >= 0.6 is 0 Å². The van der Waals surface area contributed by atoms with Crippen molar-refractivity contribution < 1.29 is 52.6 Å². The first-order valence-corrected chi connectivity index (χ1v) is 15.3. The monoisotopic (exact) mass is 619 g/mol. The number of aliphatic hydroxyl groups is 2. The number of aromatic hydroxyl groups is 2. The minimum absolute atomic E-state index is 0.0259. The van der Waals surface area contributed by atoms with Gasteiger partial charge in [-0.3, -0.25) is 9.59 Å². The fourth-order valence-corrected chi connectivity index (χ4v) is 6.22. The summed E-state index contributed by atoms with van der Waals surface area (Å²) in [5, 5.41) is 49.0. The summed E-state index contributed by atoms with van der Waals surface area (Å²) in [6.45, 7) is 2.95. The lowest BCUT2D eigenvalue weighted by atomic mass is 9.72. The Morgan fingerprint density at radius 3 is 2.47 bits per heavy atom. The van der Waals surface area contributed by atoms with Crippen LogP contribution in [0.2, 0.25) is 0 Å². The second-order valence-corrected chi connectivity index (χ2v) is 12.9. The summed E-state index contributed by atoms with van der Waals surface area (Å²) >= 11 is 0. The number of rotatable bonds is 6. The van der Waals surface area contributed by atoms with Crippen molar-refractivity contribution in [1.29, 1.82) is 0 Å². The Hall–Kier alpha value is -3.60. The van der Waals surface area contributed by atoms with Gasteiger partial charge in [-0.2, -0.15) is 5.10 Å². The van der Waals surface area contributed by atoms with Gasteiger partial charge in [-0.25, -0.2) is 13.2 Å². The molecular formula is C28H33N3O11S. The number of hydrogen-bond acceptors (Lipinski definition) is 13. The summed E-state index contributed by atoms with van der Waals surface area (Å²) < 4.78 is 40.6. The summed E-state index contributed by atoms with van der Waals surface area (Å²) in [6.07, 6.45) is -3.89. The van der Waals surface area contributed by atoms with E-state index in [1.165, 1.54) is 32.2 Å². The molecule has 2 aliphatic carbocycles. The molecule has 3 aliphatic rings. The lowest BCUT2D eigenvalue weighted by Gasteiger charge is -2.42. The molecule has 1 aliphatic heterocycles. The van der Waals surface area contributed by atoms with Crippen LogP contribution in [-0.2, 0) is 25.9 Å². The lowest BCUT2D eigenvalue weighted by Crippen LogP contribution is -2.52. The number of sulfonamides is 1. The topological polar surface area (TPSA) is 227 Å². The molecule has 1 heterocycles. The van der Waals surface area contributed by atoms with Crippen LogP contribution in [0.25, 0.3) is 0 Å². The van der Waals surface area contributed by atoms with E-state index in [4.69, 9.17) is 19.9 Å². The molecule has 0 spiro atoms. The van der Waals surface area contributed by atoms with E-state index < -0.39 is 86.9 Å². The number of aliphatic hydroxyl groups excluding tert-OH is 1. The van der Waals surface area contributed by atoms with Crippen LogP contribution in [0.15, 0.2) is 23.3 Å². The van der Waals surface area contributed by atoms with Crippen LogP contribution in [0.5, 0.6) is 17.2 Å². The Bertz CT molecular complexity index is 1650. The van der Waals surface area contributed by atoms with Crippen molar-refractivity contribution in [3.05, 3.63) is 51.6 Å². The van der Waals surface area contributed by atoms with Crippen LogP contribution in [0.3, 0.4) is 0 Å². The molecule has 5 rings (SSSR count). The molecule has 0 saturated carbocycles. The largest absolute Gasteiger partial charge is 0.507 e. The molecule has 0 radical (unpaired) electrons. The molecule has 14 nitrogen and oxygen atoms in total. The molecule has 7 N–H and O–H groups in total. The van der Waals surface area contributed by atoms with Gasteiger partial charge in [0.05, 0.1) is 54.1 Å². The molecule has 0 bridgehead atoms. The van der Waals surface area contributed by atoms with Crippen molar-refractivity contribution in [2.45, 2.75) is 69.4 Å². The van der Waals surface area contributed by atoms with Gasteiger partial charge in [-0.15, -0.1) is 0 Å². The number of nitrogens with one attached hydrogen (secondary N) is 1. The Balaban J connectivity index is 1.69. The molecule has 2 aromatic rings. The lowest BCUT2D eigenvalue weighted by molar-refractivity contribution is -0.245. The average molecular weight is 620 g/mol. The molecule has 232 valence electrons. The van der Waals surface area contributed by atoms with Gasteiger partial charge in [0.15, 0.2) is 12.1 Å². The van der Waals surface area contributed by atoms with Gasteiger partial charge >= 0.3 is 0 Å². The zero-order valence-electron chi connectivity index (χ0n) is 23.8. The van der Waals surface area contributed by atoms with Gasteiger partial charge in [-0.1, -0.05) is 12.1 Å². The number of benzene rings is 2. The van der Waals surface area contributed by atoms with Crippen LogP contribution < -0.4 is 15.3 Å². The highest BCUT2D eigenvalue weighted by Crippen LogP contribution is 2.52. The molecular weight excluding hydrogens is 586 g/mol. The SMILES string of the molecule is COc1cccc2c1C(=O)c1c(O)c3c(c(O)c1C2=O)CC(O)(/C(C)=N/NS(C)(=O)=O)CC3OC1CC(N)C(O)C(C)O1. The number of ether oxygens (including phenoxy) is 3. The predicted molar refractivity (Wildman–Crippen MR) is 151 cm³/mol. The molecule has 2 aromatic carbocycles. The van der Waals surface area contributed by atoms with E-state index in [2.05, 4.69) is 5.10 Å². The molecule has 6 unspecified atom stereocenters. The van der Waals surface area contributed by atoms with Crippen molar-refractivity contribution in [3.8, 4) is 17.2 Å². The van der Waals surface area contributed by atoms with Crippen LogP contribution in [0.4, 0.5) is 0 Å². The van der Waals surface area contributed by atoms with E-state index in [0.29, 0.717) is 0 Å². The smallest absolute Gasteiger partial charge is 0.244 e. The molecule has 0 aromatic heterocycles. The third kappa shape index (κ3) is 5.25. The number of ketones is 2. The quantitative estimate of drug-likeness (QED) is 0.125. The maximum Gasteiger partial charge on any atom is 0.244 e. The van der Waals surface area contributed by atoms with Gasteiger partial charge in [0.1, 0.15) is 22.8 Å². The van der Waals surface area contributed by atoms with Crippen molar-refractivity contribution in [1.82, 2.24) is 4.83 Å². The van der Waals surface area contributed by atoms with Crippen molar-refractivity contribution in [3.63, 3.8) is 0 Å². The fraction of sp³-hybridized carbons (Fsp3) is 0.464. The zero-order chi connectivity index (χ0) is 31.6.